The van der Waals surface area contributed by atoms with Crippen LogP contribution in [0.4, 0.5) is 0 Å². The topological polar surface area (TPSA) is 29.1 Å². The van der Waals surface area contributed by atoms with Gasteiger partial charge in [-0.15, -0.1) is 0 Å². The number of rotatable bonds is 5. The summed E-state index contributed by atoms with van der Waals surface area (Å²) in [7, 11) is 0. The number of nitrogens with one attached hydrogen (secondary N) is 1. The minimum atomic E-state index is 0.0245. The summed E-state index contributed by atoms with van der Waals surface area (Å²) in [5.41, 5.74) is 1.97. The molecule has 0 bridgehead atoms. The van der Waals surface area contributed by atoms with Gasteiger partial charge >= 0.3 is 0 Å². The van der Waals surface area contributed by atoms with Crippen molar-refractivity contribution in [3.8, 4) is 0 Å². The Kier molecular flexibility index (Phi) is 5.19. The molecule has 0 aliphatic heterocycles. The summed E-state index contributed by atoms with van der Waals surface area (Å²) < 4.78 is 0. The van der Waals surface area contributed by atoms with Gasteiger partial charge in [0.15, 0.2) is 0 Å². The highest BCUT2D eigenvalue weighted by atomic mass is 79.9. The number of benzene rings is 1. The van der Waals surface area contributed by atoms with Gasteiger partial charge in [0.25, 0.3) is 5.91 Å². The minimum absolute atomic E-state index is 0.0245. The summed E-state index contributed by atoms with van der Waals surface area (Å²) in [4.78, 5) is 12.1. The second-order valence-electron chi connectivity index (χ2n) is 4.99. The van der Waals surface area contributed by atoms with Crippen LogP contribution in [0.5, 0.6) is 0 Å². The van der Waals surface area contributed by atoms with Crippen LogP contribution in [0.3, 0.4) is 0 Å². The lowest BCUT2D eigenvalue weighted by molar-refractivity contribution is 0.0939. The molecule has 1 N–H and O–H groups in total. The summed E-state index contributed by atoms with van der Waals surface area (Å²) in [5, 5.41) is 3.87. The Morgan fingerprint density at radius 3 is 2.59 bits per heavy atom. The van der Waals surface area contributed by atoms with E-state index in [4.69, 9.17) is 0 Å². The normalized spacial score (nSPS) is 11.3. The first-order chi connectivity index (χ1) is 8.00. The van der Waals surface area contributed by atoms with E-state index < -0.39 is 0 Å². The van der Waals surface area contributed by atoms with Crippen molar-refractivity contribution >= 4 is 21.8 Å². The van der Waals surface area contributed by atoms with Crippen LogP contribution in [-0.2, 0) is 6.42 Å². The van der Waals surface area contributed by atoms with Crippen LogP contribution in [0.15, 0.2) is 24.3 Å². The predicted molar refractivity (Wildman–Crippen MR) is 75.7 cm³/mol. The summed E-state index contributed by atoms with van der Waals surface area (Å²) in [6.07, 6.45) is 0.880. The summed E-state index contributed by atoms with van der Waals surface area (Å²) in [5.74, 6) is 0.0245. The van der Waals surface area contributed by atoms with Gasteiger partial charge in [-0.2, -0.15) is 0 Å². The number of carbonyl (C=O) groups excluding carboxylic acids is 1. The Morgan fingerprint density at radius 1 is 1.35 bits per heavy atom. The monoisotopic (exact) mass is 297 g/mol. The molecule has 17 heavy (non-hydrogen) atoms. The molecular formula is C14H20BrNO. The van der Waals surface area contributed by atoms with Crippen LogP contribution < -0.4 is 5.32 Å². The summed E-state index contributed by atoms with van der Waals surface area (Å²) in [6.45, 7) is 6.98. The molecule has 0 atom stereocenters. The summed E-state index contributed by atoms with van der Waals surface area (Å²) in [6, 6.07) is 7.77. The smallest absolute Gasteiger partial charge is 0.251 e. The Hall–Kier alpha value is -0.830. The third kappa shape index (κ3) is 4.15. The van der Waals surface area contributed by atoms with Crippen molar-refractivity contribution in [2.75, 3.05) is 11.9 Å². The van der Waals surface area contributed by atoms with Crippen LogP contribution >= 0.6 is 15.9 Å². The molecule has 2 nitrogen and oxygen atoms in total. The van der Waals surface area contributed by atoms with Crippen molar-refractivity contribution in [2.45, 2.75) is 27.2 Å². The lowest BCUT2D eigenvalue weighted by atomic mass is 9.96. The van der Waals surface area contributed by atoms with E-state index in [9.17, 15) is 4.79 Å². The average molecular weight is 298 g/mol. The van der Waals surface area contributed by atoms with E-state index in [0.717, 1.165) is 22.9 Å². The molecule has 0 aliphatic rings. The van der Waals surface area contributed by atoms with E-state index in [1.54, 1.807) is 0 Å². The third-order valence-electron chi connectivity index (χ3n) is 2.73. The lowest BCUT2D eigenvalue weighted by Gasteiger charge is -2.22. The first-order valence-electron chi connectivity index (χ1n) is 5.92. The zero-order valence-electron chi connectivity index (χ0n) is 10.7. The number of aryl methyl sites for hydroxylation is 1. The quantitative estimate of drug-likeness (QED) is 0.829. The van der Waals surface area contributed by atoms with E-state index in [-0.39, 0.29) is 11.3 Å². The highest BCUT2D eigenvalue weighted by Gasteiger charge is 2.18. The van der Waals surface area contributed by atoms with E-state index in [2.05, 4.69) is 42.0 Å². The van der Waals surface area contributed by atoms with Crippen LogP contribution in [0.2, 0.25) is 0 Å². The van der Waals surface area contributed by atoms with Crippen molar-refractivity contribution in [1.82, 2.24) is 5.32 Å². The van der Waals surface area contributed by atoms with Gasteiger partial charge in [-0.25, -0.2) is 0 Å². The van der Waals surface area contributed by atoms with Crippen molar-refractivity contribution < 1.29 is 4.79 Å². The van der Waals surface area contributed by atoms with Crippen LogP contribution in [0, 0.1) is 5.41 Å². The molecule has 1 rings (SSSR count). The van der Waals surface area contributed by atoms with Crippen LogP contribution in [0.25, 0.3) is 0 Å². The first kappa shape index (κ1) is 14.2. The first-order valence-corrected chi connectivity index (χ1v) is 7.04. The molecule has 1 amide bonds. The Balaban J connectivity index is 2.70. The number of amides is 1. The fourth-order valence-corrected chi connectivity index (χ4v) is 1.71. The maximum atomic E-state index is 12.1. The van der Waals surface area contributed by atoms with Crippen molar-refractivity contribution in [3.05, 3.63) is 35.4 Å². The number of hydrogen-bond donors (Lipinski definition) is 1. The fraction of sp³-hybridized carbons (Fsp3) is 0.500. The zero-order chi connectivity index (χ0) is 12.9. The molecule has 0 aromatic heterocycles. The third-order valence-corrected chi connectivity index (χ3v) is 4.25. The van der Waals surface area contributed by atoms with Crippen molar-refractivity contribution in [1.29, 1.82) is 0 Å². The van der Waals surface area contributed by atoms with E-state index in [1.807, 2.05) is 24.3 Å². The lowest BCUT2D eigenvalue weighted by Crippen LogP contribution is -2.35. The zero-order valence-corrected chi connectivity index (χ0v) is 12.3. The SMILES string of the molecule is CCc1ccccc1C(=O)NCC(C)(C)CBr. The number of hydrogen-bond acceptors (Lipinski definition) is 1. The highest BCUT2D eigenvalue weighted by molar-refractivity contribution is 9.09. The molecule has 1 aromatic carbocycles. The standard InChI is InChI=1S/C14H20BrNO/c1-4-11-7-5-6-8-12(11)13(17)16-10-14(2,3)9-15/h5-8H,4,9-10H2,1-3H3,(H,16,17). The van der Waals surface area contributed by atoms with Gasteiger partial charge in [-0.3, -0.25) is 4.79 Å². The maximum absolute atomic E-state index is 12.1. The minimum Gasteiger partial charge on any atom is -0.351 e. The average Bonchev–Trinajstić information content (AvgIpc) is 2.36. The van der Waals surface area contributed by atoms with Gasteiger partial charge in [0, 0.05) is 17.4 Å². The summed E-state index contributed by atoms with van der Waals surface area (Å²) >= 11 is 3.45. The van der Waals surface area contributed by atoms with Gasteiger partial charge in [0.1, 0.15) is 0 Å². The van der Waals surface area contributed by atoms with Crippen LogP contribution in [0.1, 0.15) is 36.7 Å². The second-order valence-corrected chi connectivity index (χ2v) is 5.55. The molecule has 0 spiro atoms. The molecule has 0 heterocycles. The molecule has 0 saturated carbocycles. The molecule has 0 fully saturated rings. The van der Waals surface area contributed by atoms with Crippen molar-refractivity contribution in [3.63, 3.8) is 0 Å². The fourth-order valence-electron chi connectivity index (χ4n) is 1.51. The van der Waals surface area contributed by atoms with E-state index in [1.165, 1.54) is 0 Å². The van der Waals surface area contributed by atoms with Crippen LogP contribution in [-0.4, -0.2) is 17.8 Å². The molecule has 94 valence electrons. The van der Waals surface area contributed by atoms with E-state index >= 15 is 0 Å². The van der Waals surface area contributed by atoms with Gasteiger partial charge in [-0.1, -0.05) is 54.9 Å². The molecule has 3 heteroatoms. The Morgan fingerprint density at radius 2 is 2.00 bits per heavy atom. The largest absolute Gasteiger partial charge is 0.351 e. The van der Waals surface area contributed by atoms with Gasteiger partial charge in [0.05, 0.1) is 0 Å². The number of halogens is 1. The Labute approximate surface area is 112 Å². The second kappa shape index (κ2) is 6.20. The van der Waals surface area contributed by atoms with Gasteiger partial charge < -0.3 is 5.32 Å². The molecule has 1 aromatic rings. The number of carbonyl (C=O) groups is 1. The van der Waals surface area contributed by atoms with Gasteiger partial charge in [-0.05, 0) is 23.5 Å². The molecule has 0 aliphatic carbocycles. The van der Waals surface area contributed by atoms with Gasteiger partial charge in [0.2, 0.25) is 0 Å². The predicted octanol–water partition coefficient (Wildman–Crippen LogP) is 3.40. The number of alkyl halides is 1. The molecular weight excluding hydrogens is 278 g/mol. The van der Waals surface area contributed by atoms with E-state index in [0.29, 0.717) is 6.54 Å². The molecule has 0 radical (unpaired) electrons. The Bertz CT molecular complexity index is 388. The molecule has 0 saturated heterocycles. The maximum Gasteiger partial charge on any atom is 0.251 e. The van der Waals surface area contributed by atoms with Crippen molar-refractivity contribution in [2.24, 2.45) is 5.41 Å². The molecule has 0 unspecified atom stereocenters. The highest BCUT2D eigenvalue weighted by Crippen LogP contribution is 2.17.